The fraction of sp³-hybridized carbons (Fsp3) is 0.381. The third-order valence-corrected chi connectivity index (χ3v) is 5.75. The second kappa shape index (κ2) is 8.43. The minimum Gasteiger partial charge on any atom is -0.441 e. The second-order valence-corrected chi connectivity index (χ2v) is 8.09. The molecule has 0 saturated carbocycles. The number of nitrogens with zero attached hydrogens (tertiary/aromatic N) is 3. The number of anilines is 2. The number of nitrogens with one attached hydrogen (secondary N) is 2. The van der Waals surface area contributed by atoms with E-state index >= 15 is 0 Å². The number of carbonyl (C=O) groups is 1. The smallest absolute Gasteiger partial charge is 0.441 e. The first-order valence-corrected chi connectivity index (χ1v) is 10.5. The summed E-state index contributed by atoms with van der Waals surface area (Å²) >= 11 is 0. The van der Waals surface area contributed by atoms with Gasteiger partial charge in [0.05, 0.1) is 30.1 Å². The zero-order valence-electron chi connectivity index (χ0n) is 18.2. The predicted molar refractivity (Wildman–Crippen MR) is 118 cm³/mol. The van der Waals surface area contributed by atoms with Gasteiger partial charge in [-0.2, -0.15) is 4.98 Å². The topological polar surface area (TPSA) is 170 Å². The molecule has 2 aliphatic heterocycles. The summed E-state index contributed by atoms with van der Waals surface area (Å²) in [5.41, 5.74) is -0.443. The van der Waals surface area contributed by atoms with Gasteiger partial charge in [-0.15, -0.1) is 0 Å². The maximum Gasteiger partial charge on any atom is 0.519 e. The van der Waals surface area contributed by atoms with Crippen molar-refractivity contribution in [3.05, 3.63) is 44.8 Å². The highest BCUT2D eigenvalue weighted by Crippen LogP contribution is 2.43. The van der Waals surface area contributed by atoms with Gasteiger partial charge in [0.15, 0.2) is 18.1 Å². The molecule has 178 valence electrons. The van der Waals surface area contributed by atoms with Crippen LogP contribution in [0.3, 0.4) is 0 Å². The zero-order valence-corrected chi connectivity index (χ0v) is 18.2. The molecule has 3 atom stereocenters. The molecule has 2 aliphatic rings. The Bertz CT molecular complexity index is 1420. The number of aliphatic hydroxyl groups is 1. The Balaban J connectivity index is 1.51. The summed E-state index contributed by atoms with van der Waals surface area (Å²) in [5, 5.41) is 15.9. The summed E-state index contributed by atoms with van der Waals surface area (Å²) in [7, 11) is 0. The fourth-order valence-electron chi connectivity index (χ4n) is 4.20. The highest BCUT2D eigenvalue weighted by atomic mass is 16.6. The molecule has 0 radical (unpaired) electrons. The highest BCUT2D eigenvalue weighted by Gasteiger charge is 2.35. The molecule has 13 nitrogen and oxygen atoms in total. The molecule has 0 aromatic carbocycles. The minimum absolute atomic E-state index is 0.0737. The quantitative estimate of drug-likeness (QED) is 0.500. The molecule has 0 spiro atoms. The van der Waals surface area contributed by atoms with E-state index in [-0.39, 0.29) is 48.3 Å². The van der Waals surface area contributed by atoms with Gasteiger partial charge in [0.1, 0.15) is 17.9 Å². The Hall–Kier alpha value is -3.97. The van der Waals surface area contributed by atoms with Gasteiger partial charge in [-0.1, -0.05) is 6.92 Å². The zero-order chi connectivity index (χ0) is 24.0. The van der Waals surface area contributed by atoms with E-state index in [1.54, 1.807) is 10.8 Å². The molecule has 0 bridgehead atoms. The molecule has 34 heavy (non-hydrogen) atoms. The van der Waals surface area contributed by atoms with E-state index in [1.807, 2.05) is 6.92 Å². The van der Waals surface area contributed by atoms with Crippen molar-refractivity contribution >= 4 is 40.5 Å². The normalized spacial score (nSPS) is 21.0. The SMILES string of the molecule is Cc1oc(=O)oc1COC(=O)Nc1cc(=O)nc2c3c(n([C@@H]4O[C@H](CO)C[C@@H]4C)cc13)N=CN2. The molecule has 3 aromatic rings. The van der Waals surface area contributed by atoms with Gasteiger partial charge < -0.3 is 33.3 Å². The van der Waals surface area contributed by atoms with Crippen molar-refractivity contribution in [1.29, 1.82) is 0 Å². The van der Waals surface area contributed by atoms with Crippen LogP contribution in [0.25, 0.3) is 10.8 Å². The number of aromatic nitrogens is 2. The van der Waals surface area contributed by atoms with Gasteiger partial charge in [-0.25, -0.2) is 14.6 Å². The lowest BCUT2D eigenvalue weighted by molar-refractivity contribution is -0.0299. The van der Waals surface area contributed by atoms with Crippen molar-refractivity contribution in [2.45, 2.75) is 39.2 Å². The van der Waals surface area contributed by atoms with Crippen molar-refractivity contribution in [3.63, 3.8) is 0 Å². The summed E-state index contributed by atoms with van der Waals surface area (Å²) in [5.74, 6) is 0.229. The lowest BCUT2D eigenvalue weighted by Crippen LogP contribution is -2.16. The molecule has 5 heterocycles. The van der Waals surface area contributed by atoms with E-state index in [2.05, 4.69) is 20.6 Å². The molecular weight excluding hydrogens is 450 g/mol. The van der Waals surface area contributed by atoms with Gasteiger partial charge in [0.25, 0.3) is 5.56 Å². The summed E-state index contributed by atoms with van der Waals surface area (Å²) < 4.78 is 22.5. The van der Waals surface area contributed by atoms with Crippen LogP contribution in [0.5, 0.6) is 0 Å². The Morgan fingerprint density at radius 2 is 2.21 bits per heavy atom. The summed E-state index contributed by atoms with van der Waals surface area (Å²) in [6, 6.07) is 1.17. The van der Waals surface area contributed by atoms with Crippen LogP contribution in [-0.2, 0) is 16.1 Å². The number of hydrogen-bond donors (Lipinski definition) is 3. The van der Waals surface area contributed by atoms with Gasteiger partial charge in [0, 0.05) is 23.6 Å². The molecule has 1 amide bonds. The van der Waals surface area contributed by atoms with Crippen LogP contribution in [0.4, 0.5) is 22.1 Å². The number of amides is 1. The molecular formula is C21H21N5O8. The maximum absolute atomic E-state index is 12.5. The number of aryl methyl sites for hydroxylation is 1. The number of aliphatic imine (C=N–C) groups is 1. The number of carbonyl (C=O) groups excluding carboxylic acids is 1. The largest absolute Gasteiger partial charge is 0.519 e. The van der Waals surface area contributed by atoms with Crippen LogP contribution in [0.15, 0.2) is 35.7 Å². The van der Waals surface area contributed by atoms with E-state index in [9.17, 15) is 19.5 Å². The molecule has 3 aromatic heterocycles. The van der Waals surface area contributed by atoms with Gasteiger partial charge in [-0.3, -0.25) is 10.1 Å². The maximum atomic E-state index is 12.5. The van der Waals surface area contributed by atoms with Crippen LogP contribution in [0, 0.1) is 12.8 Å². The van der Waals surface area contributed by atoms with Crippen molar-refractivity contribution in [1.82, 2.24) is 9.55 Å². The van der Waals surface area contributed by atoms with E-state index in [0.717, 1.165) is 0 Å². The third-order valence-electron chi connectivity index (χ3n) is 5.75. The van der Waals surface area contributed by atoms with Gasteiger partial charge >= 0.3 is 11.9 Å². The molecule has 1 fully saturated rings. The monoisotopic (exact) mass is 471 g/mol. The van der Waals surface area contributed by atoms with E-state index in [4.69, 9.17) is 18.3 Å². The van der Waals surface area contributed by atoms with Crippen LogP contribution >= 0.6 is 0 Å². The van der Waals surface area contributed by atoms with Crippen molar-refractivity contribution in [2.24, 2.45) is 10.9 Å². The standard InChI is InChI=1S/C21H21N5O8/c1-9-3-11(6-27)33-19(9)26-5-12-13(4-15(28)25-17-16(12)18(26)23-8-22-17)24-20(29)31-7-14-10(2)32-21(30)34-14/h4-5,8-9,11,19,27H,3,6-7H2,1-2H3,(H,24,29)(H,22,23,25,28)/t9-,11-,19+/m0/s1. The number of hydrogen-bond acceptors (Lipinski definition) is 11. The Morgan fingerprint density at radius 1 is 1.38 bits per heavy atom. The Kier molecular flexibility index (Phi) is 5.42. The molecule has 0 aliphatic carbocycles. The lowest BCUT2D eigenvalue weighted by atomic mass is 10.1. The third kappa shape index (κ3) is 3.84. The Morgan fingerprint density at radius 3 is 2.91 bits per heavy atom. The molecule has 5 rings (SSSR count). The van der Waals surface area contributed by atoms with Crippen molar-refractivity contribution in [3.8, 4) is 0 Å². The average Bonchev–Trinajstić information content (AvgIpc) is 3.43. The summed E-state index contributed by atoms with van der Waals surface area (Å²) in [4.78, 5) is 44.5. The van der Waals surface area contributed by atoms with Gasteiger partial charge in [0.2, 0.25) is 0 Å². The first-order chi connectivity index (χ1) is 16.3. The first-order valence-electron chi connectivity index (χ1n) is 10.5. The van der Waals surface area contributed by atoms with Crippen LogP contribution in [0.1, 0.15) is 31.1 Å². The number of rotatable bonds is 5. The fourth-order valence-corrected chi connectivity index (χ4v) is 4.20. The van der Waals surface area contributed by atoms with E-state index < -0.39 is 23.7 Å². The number of ether oxygens (including phenoxy) is 2. The van der Waals surface area contributed by atoms with Crippen molar-refractivity contribution in [2.75, 3.05) is 17.2 Å². The summed E-state index contributed by atoms with van der Waals surface area (Å²) in [6.45, 7) is 3.07. The predicted octanol–water partition coefficient (Wildman–Crippen LogP) is 2.00. The van der Waals surface area contributed by atoms with Crippen LogP contribution < -0.4 is 22.0 Å². The van der Waals surface area contributed by atoms with Crippen LogP contribution in [-0.4, -0.2) is 39.8 Å². The summed E-state index contributed by atoms with van der Waals surface area (Å²) in [6.07, 6.45) is 2.21. The van der Waals surface area contributed by atoms with Crippen LogP contribution in [0.2, 0.25) is 0 Å². The number of aliphatic hydroxyl groups excluding tert-OH is 1. The second-order valence-electron chi connectivity index (χ2n) is 8.09. The first kappa shape index (κ1) is 21.9. The average molecular weight is 471 g/mol. The Labute approximate surface area is 191 Å². The molecule has 0 unspecified atom stereocenters. The van der Waals surface area contributed by atoms with Crippen molar-refractivity contribution < 1.29 is 28.2 Å². The lowest BCUT2D eigenvalue weighted by Gasteiger charge is -2.19. The minimum atomic E-state index is -0.897. The van der Waals surface area contributed by atoms with E-state index in [0.29, 0.717) is 23.0 Å². The van der Waals surface area contributed by atoms with E-state index in [1.165, 1.54) is 19.3 Å². The van der Waals surface area contributed by atoms with Gasteiger partial charge in [-0.05, 0) is 13.3 Å². The molecule has 1 saturated heterocycles. The molecule has 3 N–H and O–H groups in total. The molecule has 13 heteroatoms. The highest BCUT2D eigenvalue weighted by molar-refractivity contribution is 6.12.